The highest BCUT2D eigenvalue weighted by atomic mass is 32.2. The summed E-state index contributed by atoms with van der Waals surface area (Å²) in [6.07, 6.45) is 2.83. The van der Waals surface area contributed by atoms with Crippen molar-refractivity contribution < 1.29 is 4.79 Å². The molecule has 0 saturated heterocycles. The van der Waals surface area contributed by atoms with Crippen LogP contribution >= 0.6 is 23.3 Å². The predicted octanol–water partition coefficient (Wildman–Crippen LogP) is 2.63. The minimum atomic E-state index is 0.00321. The molecule has 100 valence electrons. The van der Waals surface area contributed by atoms with Crippen LogP contribution in [0.5, 0.6) is 0 Å². The highest BCUT2D eigenvalue weighted by Crippen LogP contribution is 2.19. The quantitative estimate of drug-likeness (QED) is 0.486. The van der Waals surface area contributed by atoms with E-state index < -0.39 is 0 Å². The second-order valence-corrected chi connectivity index (χ2v) is 5.95. The Bertz CT molecular complexity index is 530. The molecule has 3 N–H and O–H groups in total. The number of nitrogen functional groups attached to an aromatic ring is 1. The van der Waals surface area contributed by atoms with E-state index in [4.69, 9.17) is 5.73 Å². The van der Waals surface area contributed by atoms with E-state index in [-0.39, 0.29) is 5.91 Å². The lowest BCUT2D eigenvalue weighted by atomic mass is 10.2. The van der Waals surface area contributed by atoms with Crippen LogP contribution in [0.25, 0.3) is 0 Å². The van der Waals surface area contributed by atoms with Gasteiger partial charge in [-0.1, -0.05) is 17.8 Å². The van der Waals surface area contributed by atoms with Gasteiger partial charge in [0.2, 0.25) is 5.91 Å². The molecule has 0 aliphatic carbocycles. The number of rotatable bonds is 6. The second-order valence-electron chi connectivity index (χ2n) is 3.83. The van der Waals surface area contributed by atoms with E-state index in [2.05, 4.69) is 14.7 Å². The summed E-state index contributed by atoms with van der Waals surface area (Å²) in [5.74, 6) is 0.864. The average Bonchev–Trinajstić information content (AvgIpc) is 2.88. The van der Waals surface area contributed by atoms with Crippen molar-refractivity contribution in [2.75, 3.05) is 16.8 Å². The average molecular weight is 294 g/mol. The molecule has 0 radical (unpaired) electrons. The molecule has 0 spiro atoms. The van der Waals surface area contributed by atoms with Crippen molar-refractivity contribution in [1.29, 1.82) is 0 Å². The number of anilines is 2. The van der Waals surface area contributed by atoms with Crippen LogP contribution in [0.4, 0.5) is 11.4 Å². The van der Waals surface area contributed by atoms with Crippen LogP contribution in [-0.4, -0.2) is 21.0 Å². The molecular weight excluding hydrogens is 280 g/mol. The second kappa shape index (κ2) is 7.10. The van der Waals surface area contributed by atoms with Crippen LogP contribution in [0.2, 0.25) is 0 Å². The number of benzene rings is 1. The smallest absolute Gasteiger partial charge is 0.224 e. The van der Waals surface area contributed by atoms with E-state index in [1.807, 2.05) is 12.1 Å². The molecule has 2 aromatic rings. The molecule has 0 saturated carbocycles. The molecule has 0 aliphatic rings. The largest absolute Gasteiger partial charge is 0.399 e. The summed E-state index contributed by atoms with van der Waals surface area (Å²) in [4.78, 5) is 15.8. The first-order valence-corrected chi connectivity index (χ1v) is 7.55. The molecule has 1 amide bonds. The van der Waals surface area contributed by atoms with Gasteiger partial charge in [0.25, 0.3) is 0 Å². The number of amides is 1. The number of hydrogen-bond acceptors (Lipinski definition) is 6. The van der Waals surface area contributed by atoms with Crippen molar-refractivity contribution in [3.8, 4) is 0 Å². The predicted molar refractivity (Wildman–Crippen MR) is 79.4 cm³/mol. The third kappa shape index (κ3) is 4.88. The summed E-state index contributed by atoms with van der Waals surface area (Å²) in [6, 6.07) is 7.17. The zero-order valence-electron chi connectivity index (χ0n) is 10.2. The minimum Gasteiger partial charge on any atom is -0.399 e. The van der Waals surface area contributed by atoms with E-state index in [1.165, 1.54) is 11.5 Å². The standard InChI is InChI=1S/C12H14N4OS2/c13-9-3-1-4-10(7-9)16-11(17)5-2-6-18-12-14-8-15-19-12/h1,3-4,7-8H,2,5-6,13H2,(H,16,17). The molecule has 7 heteroatoms. The highest BCUT2D eigenvalue weighted by molar-refractivity contribution is 8.00. The SMILES string of the molecule is Nc1cccc(NC(=O)CCCSc2ncns2)c1. The fourth-order valence-corrected chi connectivity index (χ4v) is 2.91. The maximum Gasteiger partial charge on any atom is 0.224 e. The van der Waals surface area contributed by atoms with Crippen LogP contribution in [-0.2, 0) is 4.79 Å². The Balaban J connectivity index is 1.67. The van der Waals surface area contributed by atoms with Crippen molar-refractivity contribution in [3.05, 3.63) is 30.6 Å². The van der Waals surface area contributed by atoms with E-state index in [1.54, 1.807) is 30.2 Å². The van der Waals surface area contributed by atoms with Gasteiger partial charge in [0.15, 0.2) is 4.34 Å². The Morgan fingerprint density at radius 1 is 1.47 bits per heavy atom. The van der Waals surface area contributed by atoms with Gasteiger partial charge in [-0.15, -0.1) is 0 Å². The fourth-order valence-electron chi connectivity index (χ4n) is 1.46. The number of carbonyl (C=O) groups excluding carboxylic acids is 1. The maximum atomic E-state index is 11.7. The number of thioether (sulfide) groups is 1. The first-order chi connectivity index (χ1) is 9.24. The van der Waals surface area contributed by atoms with E-state index in [0.717, 1.165) is 22.2 Å². The molecule has 1 heterocycles. The maximum absolute atomic E-state index is 11.7. The molecule has 1 aromatic carbocycles. The third-order valence-corrected chi connectivity index (χ3v) is 4.17. The van der Waals surface area contributed by atoms with E-state index in [0.29, 0.717) is 12.1 Å². The molecule has 0 atom stereocenters. The Morgan fingerprint density at radius 2 is 2.37 bits per heavy atom. The highest BCUT2D eigenvalue weighted by Gasteiger charge is 2.03. The topological polar surface area (TPSA) is 80.9 Å². The van der Waals surface area contributed by atoms with Gasteiger partial charge in [0.1, 0.15) is 6.33 Å². The summed E-state index contributed by atoms with van der Waals surface area (Å²) >= 11 is 3.00. The zero-order valence-corrected chi connectivity index (χ0v) is 11.8. The molecule has 0 unspecified atom stereocenters. The number of nitrogens with two attached hydrogens (primary N) is 1. The van der Waals surface area contributed by atoms with Crippen molar-refractivity contribution in [2.24, 2.45) is 0 Å². The molecule has 0 aliphatic heterocycles. The number of nitrogens with one attached hydrogen (secondary N) is 1. The Kier molecular flexibility index (Phi) is 5.17. The first-order valence-electron chi connectivity index (χ1n) is 5.79. The monoisotopic (exact) mass is 294 g/mol. The van der Waals surface area contributed by atoms with Crippen molar-refractivity contribution in [1.82, 2.24) is 9.36 Å². The number of hydrogen-bond donors (Lipinski definition) is 2. The van der Waals surface area contributed by atoms with Gasteiger partial charge in [0, 0.05) is 23.5 Å². The number of aromatic nitrogens is 2. The lowest BCUT2D eigenvalue weighted by Gasteiger charge is -2.05. The Labute approximate surface area is 119 Å². The van der Waals surface area contributed by atoms with Gasteiger partial charge in [-0.05, 0) is 36.2 Å². The van der Waals surface area contributed by atoms with Crippen molar-refractivity contribution >= 4 is 40.6 Å². The summed E-state index contributed by atoms with van der Waals surface area (Å²) in [6.45, 7) is 0. The van der Waals surface area contributed by atoms with Crippen molar-refractivity contribution in [2.45, 2.75) is 17.2 Å². The summed E-state index contributed by atoms with van der Waals surface area (Å²) in [5, 5.41) is 2.82. The Hall–Kier alpha value is -1.60. The molecule has 1 aromatic heterocycles. The zero-order chi connectivity index (χ0) is 13.5. The molecule has 5 nitrogen and oxygen atoms in total. The van der Waals surface area contributed by atoms with Crippen LogP contribution in [0.1, 0.15) is 12.8 Å². The third-order valence-electron chi connectivity index (χ3n) is 2.29. The molecular formula is C12H14N4OS2. The first kappa shape index (κ1) is 13.8. The molecule has 0 bridgehead atoms. The lowest BCUT2D eigenvalue weighted by molar-refractivity contribution is -0.116. The summed E-state index contributed by atoms with van der Waals surface area (Å²) in [7, 11) is 0. The summed E-state index contributed by atoms with van der Waals surface area (Å²) in [5.41, 5.74) is 7.02. The van der Waals surface area contributed by atoms with Crippen LogP contribution < -0.4 is 11.1 Å². The molecule has 2 rings (SSSR count). The molecule has 0 fully saturated rings. The van der Waals surface area contributed by atoms with E-state index in [9.17, 15) is 4.79 Å². The lowest BCUT2D eigenvalue weighted by Crippen LogP contribution is -2.11. The van der Waals surface area contributed by atoms with Gasteiger partial charge >= 0.3 is 0 Å². The van der Waals surface area contributed by atoms with E-state index >= 15 is 0 Å². The molecule has 19 heavy (non-hydrogen) atoms. The van der Waals surface area contributed by atoms with Gasteiger partial charge in [-0.25, -0.2) is 4.98 Å². The van der Waals surface area contributed by atoms with Gasteiger partial charge < -0.3 is 11.1 Å². The fraction of sp³-hybridized carbons (Fsp3) is 0.250. The van der Waals surface area contributed by atoms with Gasteiger partial charge in [0.05, 0.1) is 0 Å². The van der Waals surface area contributed by atoms with Crippen LogP contribution in [0.3, 0.4) is 0 Å². The van der Waals surface area contributed by atoms with Crippen LogP contribution in [0, 0.1) is 0 Å². The van der Waals surface area contributed by atoms with Crippen molar-refractivity contribution in [3.63, 3.8) is 0 Å². The minimum absolute atomic E-state index is 0.00321. The normalized spacial score (nSPS) is 10.3. The summed E-state index contributed by atoms with van der Waals surface area (Å²) < 4.78 is 4.86. The van der Waals surface area contributed by atoms with Crippen LogP contribution in [0.15, 0.2) is 34.9 Å². The number of nitrogens with zero attached hydrogens (tertiary/aromatic N) is 2. The Morgan fingerprint density at radius 3 is 3.11 bits per heavy atom. The van der Waals surface area contributed by atoms with Gasteiger partial charge in [-0.3, -0.25) is 4.79 Å². The van der Waals surface area contributed by atoms with Gasteiger partial charge in [-0.2, -0.15) is 4.37 Å². The number of carbonyl (C=O) groups is 1.